The Morgan fingerprint density at radius 1 is 1.30 bits per heavy atom. The minimum Gasteiger partial charge on any atom is -0.392 e. The summed E-state index contributed by atoms with van der Waals surface area (Å²) in [7, 11) is 0. The van der Waals surface area contributed by atoms with E-state index in [1.165, 1.54) is 6.20 Å². The topological polar surface area (TPSA) is 77.8 Å². The SMILES string of the molecule is CC1=NN(c2ccc(C(=O)Nc3cnccc3CO)cc2)CC1. The highest BCUT2D eigenvalue weighted by Crippen LogP contribution is 2.21. The molecule has 0 radical (unpaired) electrons. The molecule has 1 aliphatic heterocycles. The molecule has 6 heteroatoms. The second kappa shape index (κ2) is 6.58. The van der Waals surface area contributed by atoms with E-state index in [9.17, 15) is 9.90 Å². The van der Waals surface area contributed by atoms with Gasteiger partial charge < -0.3 is 10.4 Å². The molecule has 0 saturated carbocycles. The molecule has 0 aliphatic carbocycles. The number of benzene rings is 1. The molecule has 3 rings (SSSR count). The van der Waals surface area contributed by atoms with E-state index >= 15 is 0 Å². The van der Waals surface area contributed by atoms with Crippen LogP contribution in [-0.4, -0.2) is 28.3 Å². The van der Waals surface area contributed by atoms with Gasteiger partial charge in [0, 0.05) is 36.0 Å². The first kappa shape index (κ1) is 15.2. The van der Waals surface area contributed by atoms with E-state index in [2.05, 4.69) is 15.4 Å². The molecule has 0 unspecified atom stereocenters. The first-order valence-electron chi connectivity index (χ1n) is 7.44. The van der Waals surface area contributed by atoms with E-state index in [0.29, 0.717) is 16.8 Å². The van der Waals surface area contributed by atoms with Crippen LogP contribution in [0.4, 0.5) is 11.4 Å². The molecule has 1 aromatic heterocycles. The number of aromatic nitrogens is 1. The normalized spacial score (nSPS) is 13.8. The lowest BCUT2D eigenvalue weighted by molar-refractivity contribution is 0.102. The van der Waals surface area contributed by atoms with Crippen molar-refractivity contribution >= 4 is 23.0 Å². The maximum Gasteiger partial charge on any atom is 0.255 e. The highest BCUT2D eigenvalue weighted by molar-refractivity contribution is 6.04. The van der Waals surface area contributed by atoms with Crippen molar-refractivity contribution in [3.05, 3.63) is 53.9 Å². The van der Waals surface area contributed by atoms with Gasteiger partial charge in [0.1, 0.15) is 0 Å². The first-order valence-corrected chi connectivity index (χ1v) is 7.44. The number of carbonyl (C=O) groups is 1. The van der Waals surface area contributed by atoms with Gasteiger partial charge in [0.2, 0.25) is 0 Å². The van der Waals surface area contributed by atoms with Crippen LogP contribution >= 0.6 is 0 Å². The minimum absolute atomic E-state index is 0.149. The number of nitrogens with zero attached hydrogens (tertiary/aromatic N) is 3. The second-order valence-corrected chi connectivity index (χ2v) is 5.40. The fourth-order valence-electron chi connectivity index (χ4n) is 2.41. The molecular weight excluding hydrogens is 292 g/mol. The van der Waals surface area contributed by atoms with Crippen molar-refractivity contribution in [3.8, 4) is 0 Å². The smallest absolute Gasteiger partial charge is 0.255 e. The molecule has 23 heavy (non-hydrogen) atoms. The van der Waals surface area contributed by atoms with Gasteiger partial charge in [-0.2, -0.15) is 5.10 Å². The average molecular weight is 310 g/mol. The second-order valence-electron chi connectivity index (χ2n) is 5.40. The Balaban J connectivity index is 1.73. The number of pyridine rings is 1. The van der Waals surface area contributed by atoms with Crippen LogP contribution in [0.3, 0.4) is 0 Å². The third-order valence-electron chi connectivity index (χ3n) is 3.73. The number of hydrogen-bond acceptors (Lipinski definition) is 5. The van der Waals surface area contributed by atoms with Gasteiger partial charge in [-0.05, 0) is 37.3 Å². The predicted molar refractivity (Wildman–Crippen MR) is 89.6 cm³/mol. The molecule has 6 nitrogen and oxygen atoms in total. The number of anilines is 2. The fraction of sp³-hybridized carbons (Fsp3) is 0.235. The molecule has 2 aromatic rings. The average Bonchev–Trinajstić information content (AvgIpc) is 3.02. The van der Waals surface area contributed by atoms with Crippen molar-refractivity contribution in [1.82, 2.24) is 4.98 Å². The van der Waals surface area contributed by atoms with E-state index < -0.39 is 0 Å². The predicted octanol–water partition coefficient (Wildman–Crippen LogP) is 2.41. The zero-order chi connectivity index (χ0) is 16.2. The number of carbonyl (C=O) groups excluding carboxylic acids is 1. The Hall–Kier alpha value is -2.73. The summed E-state index contributed by atoms with van der Waals surface area (Å²) in [6.07, 6.45) is 4.07. The summed E-state index contributed by atoms with van der Waals surface area (Å²) in [6, 6.07) is 8.97. The quantitative estimate of drug-likeness (QED) is 0.909. The van der Waals surface area contributed by atoms with Crippen LogP contribution in [0.5, 0.6) is 0 Å². The summed E-state index contributed by atoms with van der Waals surface area (Å²) >= 11 is 0. The van der Waals surface area contributed by atoms with Crippen LogP contribution in [0.15, 0.2) is 47.8 Å². The van der Waals surface area contributed by atoms with Crippen molar-refractivity contribution in [2.45, 2.75) is 20.0 Å². The molecule has 0 spiro atoms. The number of hydrogen-bond donors (Lipinski definition) is 2. The molecule has 1 aromatic carbocycles. The lowest BCUT2D eigenvalue weighted by atomic mass is 10.1. The Morgan fingerprint density at radius 3 is 2.74 bits per heavy atom. The van der Waals surface area contributed by atoms with Gasteiger partial charge >= 0.3 is 0 Å². The number of amides is 1. The van der Waals surface area contributed by atoms with E-state index in [-0.39, 0.29) is 12.5 Å². The maximum absolute atomic E-state index is 12.3. The zero-order valence-corrected chi connectivity index (χ0v) is 12.9. The summed E-state index contributed by atoms with van der Waals surface area (Å²) < 4.78 is 0. The van der Waals surface area contributed by atoms with Gasteiger partial charge in [-0.25, -0.2) is 0 Å². The number of rotatable bonds is 4. The lowest BCUT2D eigenvalue weighted by Crippen LogP contribution is -2.15. The fourth-order valence-corrected chi connectivity index (χ4v) is 2.41. The van der Waals surface area contributed by atoms with Gasteiger partial charge in [0.25, 0.3) is 5.91 Å². The summed E-state index contributed by atoms with van der Waals surface area (Å²) in [5.41, 5.74) is 3.77. The summed E-state index contributed by atoms with van der Waals surface area (Å²) in [5.74, 6) is -0.236. The highest BCUT2D eigenvalue weighted by Gasteiger charge is 2.14. The minimum atomic E-state index is -0.236. The first-order chi connectivity index (χ1) is 11.2. The molecule has 1 aliphatic rings. The molecule has 1 amide bonds. The molecule has 0 bridgehead atoms. The van der Waals surface area contributed by atoms with Crippen LogP contribution in [0.2, 0.25) is 0 Å². The Bertz CT molecular complexity index is 741. The third-order valence-corrected chi connectivity index (χ3v) is 3.73. The van der Waals surface area contributed by atoms with Gasteiger partial charge in [-0.1, -0.05) is 0 Å². The Labute approximate surface area is 134 Å². The van der Waals surface area contributed by atoms with Crippen LogP contribution in [-0.2, 0) is 6.61 Å². The van der Waals surface area contributed by atoms with Crippen LogP contribution in [0.1, 0.15) is 29.3 Å². The largest absolute Gasteiger partial charge is 0.392 e. The highest BCUT2D eigenvalue weighted by atomic mass is 16.3. The van der Waals surface area contributed by atoms with Gasteiger partial charge in [0.15, 0.2) is 0 Å². The molecule has 118 valence electrons. The number of hydrazone groups is 1. The number of aliphatic hydroxyl groups is 1. The summed E-state index contributed by atoms with van der Waals surface area (Å²) in [4.78, 5) is 16.3. The van der Waals surface area contributed by atoms with Gasteiger partial charge in [0.05, 0.1) is 24.2 Å². The number of nitrogens with one attached hydrogen (secondary N) is 1. The number of aliphatic hydroxyl groups excluding tert-OH is 1. The van der Waals surface area contributed by atoms with E-state index in [1.807, 2.05) is 24.1 Å². The Morgan fingerprint density at radius 2 is 2.09 bits per heavy atom. The summed E-state index contributed by atoms with van der Waals surface area (Å²) in [5, 5.41) is 18.4. The molecule has 0 atom stereocenters. The molecule has 0 fully saturated rings. The Kier molecular flexibility index (Phi) is 4.34. The van der Waals surface area contributed by atoms with Crippen molar-refractivity contribution in [1.29, 1.82) is 0 Å². The van der Waals surface area contributed by atoms with Crippen molar-refractivity contribution in [2.75, 3.05) is 16.9 Å². The third kappa shape index (κ3) is 3.37. The van der Waals surface area contributed by atoms with E-state index in [0.717, 1.165) is 24.4 Å². The van der Waals surface area contributed by atoms with Gasteiger partial charge in [-0.3, -0.25) is 14.8 Å². The molecule has 2 N–H and O–H groups in total. The lowest BCUT2D eigenvalue weighted by Gasteiger charge is -2.14. The zero-order valence-electron chi connectivity index (χ0n) is 12.9. The van der Waals surface area contributed by atoms with Crippen LogP contribution < -0.4 is 10.3 Å². The van der Waals surface area contributed by atoms with E-state index in [4.69, 9.17) is 0 Å². The van der Waals surface area contributed by atoms with E-state index in [1.54, 1.807) is 24.4 Å². The standard InChI is InChI=1S/C17H18N4O2/c1-12-7-9-21(20-12)15-4-2-13(3-5-15)17(23)19-16-10-18-8-6-14(16)11-22/h2-6,8,10,22H,7,9,11H2,1H3,(H,19,23). The maximum atomic E-state index is 12.3. The molecule has 2 heterocycles. The molecule has 0 saturated heterocycles. The van der Waals surface area contributed by atoms with Crippen molar-refractivity contribution < 1.29 is 9.90 Å². The van der Waals surface area contributed by atoms with Crippen molar-refractivity contribution in [3.63, 3.8) is 0 Å². The van der Waals surface area contributed by atoms with Crippen LogP contribution in [0, 0.1) is 0 Å². The van der Waals surface area contributed by atoms with Crippen LogP contribution in [0.25, 0.3) is 0 Å². The monoisotopic (exact) mass is 310 g/mol. The van der Waals surface area contributed by atoms with Gasteiger partial charge in [-0.15, -0.1) is 0 Å². The van der Waals surface area contributed by atoms with Crippen molar-refractivity contribution in [2.24, 2.45) is 5.10 Å². The summed E-state index contributed by atoms with van der Waals surface area (Å²) in [6.45, 7) is 2.73. The molecular formula is C17H18N4O2.